The number of rotatable bonds is 3. The Morgan fingerprint density at radius 3 is 2.40 bits per heavy atom. The van der Waals surface area contributed by atoms with Crippen molar-refractivity contribution in [3.63, 3.8) is 0 Å². The smallest absolute Gasteiger partial charge is 0.142 e. The molecule has 0 N–H and O–H groups in total. The third-order valence-electron chi connectivity index (χ3n) is 2.96. The highest BCUT2D eigenvalue weighted by Gasteiger charge is 2.08. The predicted molar refractivity (Wildman–Crippen MR) is 76.4 cm³/mol. The largest absolute Gasteiger partial charge is 0.488 e. The maximum atomic E-state index is 13.3. The Labute approximate surface area is 122 Å². The molecule has 2 nitrogen and oxygen atoms in total. The van der Waals surface area contributed by atoms with Crippen molar-refractivity contribution >= 4 is 11.6 Å². The van der Waals surface area contributed by atoms with Crippen molar-refractivity contribution in [3.05, 3.63) is 63.4 Å². The van der Waals surface area contributed by atoms with Crippen LogP contribution in [0, 0.1) is 31.0 Å². The number of aryl methyl sites for hydroxylation is 2. The Morgan fingerprint density at radius 2 is 1.85 bits per heavy atom. The second kappa shape index (κ2) is 5.94. The van der Waals surface area contributed by atoms with Gasteiger partial charge in [-0.15, -0.1) is 0 Å². The lowest BCUT2D eigenvalue weighted by molar-refractivity contribution is 0.301. The summed E-state index contributed by atoms with van der Waals surface area (Å²) in [7, 11) is 0. The van der Waals surface area contributed by atoms with Crippen LogP contribution in [0.4, 0.5) is 4.39 Å². The summed E-state index contributed by atoms with van der Waals surface area (Å²) < 4.78 is 19.1. The molecule has 0 amide bonds. The zero-order valence-electron chi connectivity index (χ0n) is 11.2. The molecule has 0 bridgehead atoms. The molecule has 0 aliphatic carbocycles. The van der Waals surface area contributed by atoms with Gasteiger partial charge in [0.1, 0.15) is 18.2 Å². The van der Waals surface area contributed by atoms with Crippen molar-refractivity contribution in [2.45, 2.75) is 20.5 Å². The van der Waals surface area contributed by atoms with Gasteiger partial charge in [0.15, 0.2) is 0 Å². The monoisotopic (exact) mass is 289 g/mol. The number of benzene rings is 2. The number of nitriles is 1. The van der Waals surface area contributed by atoms with Gasteiger partial charge in [0.2, 0.25) is 0 Å². The van der Waals surface area contributed by atoms with Crippen molar-refractivity contribution < 1.29 is 9.13 Å². The maximum Gasteiger partial charge on any atom is 0.142 e. The van der Waals surface area contributed by atoms with E-state index in [9.17, 15) is 4.39 Å². The summed E-state index contributed by atoms with van der Waals surface area (Å²) in [6, 6.07) is 10.2. The van der Waals surface area contributed by atoms with Crippen LogP contribution >= 0.6 is 11.6 Å². The molecule has 20 heavy (non-hydrogen) atoms. The van der Waals surface area contributed by atoms with Gasteiger partial charge in [-0.1, -0.05) is 17.7 Å². The molecule has 0 saturated heterocycles. The molecule has 0 aliphatic heterocycles. The van der Waals surface area contributed by atoms with Crippen LogP contribution in [-0.4, -0.2) is 0 Å². The minimum absolute atomic E-state index is 0.0967. The Morgan fingerprint density at radius 1 is 1.20 bits per heavy atom. The van der Waals surface area contributed by atoms with Crippen molar-refractivity contribution in [1.82, 2.24) is 0 Å². The minimum Gasteiger partial charge on any atom is -0.488 e. The third-order valence-corrected chi connectivity index (χ3v) is 3.26. The van der Waals surface area contributed by atoms with E-state index in [1.807, 2.05) is 13.8 Å². The van der Waals surface area contributed by atoms with E-state index < -0.39 is 5.82 Å². The number of hydrogen-bond acceptors (Lipinski definition) is 2. The highest BCUT2D eigenvalue weighted by molar-refractivity contribution is 6.30. The summed E-state index contributed by atoms with van der Waals surface area (Å²) in [5, 5.41) is 8.99. The fourth-order valence-corrected chi connectivity index (χ4v) is 2.14. The molecule has 0 atom stereocenters. The number of halogens is 2. The molecule has 0 spiro atoms. The molecule has 2 aromatic rings. The van der Waals surface area contributed by atoms with Gasteiger partial charge < -0.3 is 4.74 Å². The van der Waals surface area contributed by atoms with Gasteiger partial charge in [0.25, 0.3) is 0 Å². The van der Waals surface area contributed by atoms with Crippen LogP contribution in [0.2, 0.25) is 5.02 Å². The average Bonchev–Trinajstić information content (AvgIpc) is 2.41. The molecule has 102 valence electrons. The summed E-state index contributed by atoms with van der Waals surface area (Å²) in [4.78, 5) is 0. The van der Waals surface area contributed by atoms with E-state index in [2.05, 4.69) is 6.07 Å². The van der Waals surface area contributed by atoms with Crippen LogP contribution in [-0.2, 0) is 6.61 Å². The normalized spacial score (nSPS) is 10.2. The van der Waals surface area contributed by atoms with Crippen LogP contribution < -0.4 is 4.74 Å². The molecular weight excluding hydrogens is 277 g/mol. The highest BCUT2D eigenvalue weighted by Crippen LogP contribution is 2.26. The molecule has 0 aliphatic rings. The summed E-state index contributed by atoms with van der Waals surface area (Å²) in [6.07, 6.45) is 0. The van der Waals surface area contributed by atoms with Crippen LogP contribution in [0.1, 0.15) is 22.3 Å². The molecule has 0 radical (unpaired) electrons. The number of hydrogen-bond donors (Lipinski definition) is 0. The Balaban J connectivity index is 2.19. The average molecular weight is 290 g/mol. The molecule has 0 saturated carbocycles. The first-order valence-corrected chi connectivity index (χ1v) is 6.47. The standard InChI is InChI=1S/C16H13ClFNO/c1-10-5-13(8-19)6-11(2)16(10)20-9-12-3-4-14(17)15(18)7-12/h3-7H,9H2,1-2H3. The van der Waals surface area contributed by atoms with E-state index in [0.717, 1.165) is 16.9 Å². The van der Waals surface area contributed by atoms with Gasteiger partial charge in [-0.2, -0.15) is 5.26 Å². The molecule has 0 fully saturated rings. The third kappa shape index (κ3) is 3.09. The van der Waals surface area contributed by atoms with E-state index in [4.69, 9.17) is 21.6 Å². The van der Waals surface area contributed by atoms with Gasteiger partial charge in [-0.05, 0) is 54.8 Å². The molecular formula is C16H13ClFNO. The van der Waals surface area contributed by atoms with Crippen LogP contribution in [0.5, 0.6) is 5.75 Å². The summed E-state index contributed by atoms with van der Waals surface area (Å²) in [5.41, 5.74) is 3.08. The van der Waals surface area contributed by atoms with Crippen LogP contribution in [0.3, 0.4) is 0 Å². The first kappa shape index (κ1) is 14.4. The lowest BCUT2D eigenvalue weighted by Crippen LogP contribution is -2.00. The Bertz CT molecular complexity index is 668. The van der Waals surface area contributed by atoms with Gasteiger partial charge in [-0.3, -0.25) is 0 Å². The first-order chi connectivity index (χ1) is 9.51. The zero-order chi connectivity index (χ0) is 14.7. The molecule has 2 rings (SSSR count). The van der Waals surface area contributed by atoms with E-state index in [1.165, 1.54) is 12.1 Å². The van der Waals surface area contributed by atoms with Crippen LogP contribution in [0.25, 0.3) is 0 Å². The van der Waals surface area contributed by atoms with Gasteiger partial charge in [0.05, 0.1) is 16.7 Å². The number of ether oxygens (including phenoxy) is 1. The zero-order valence-corrected chi connectivity index (χ0v) is 12.0. The predicted octanol–water partition coefficient (Wildman–Crippen LogP) is 4.55. The Kier molecular flexibility index (Phi) is 4.26. The summed E-state index contributed by atoms with van der Waals surface area (Å²) >= 11 is 5.64. The minimum atomic E-state index is -0.457. The van der Waals surface area contributed by atoms with Crippen molar-refractivity contribution in [1.29, 1.82) is 5.26 Å². The van der Waals surface area contributed by atoms with Gasteiger partial charge in [-0.25, -0.2) is 4.39 Å². The maximum absolute atomic E-state index is 13.3. The molecule has 0 heterocycles. The SMILES string of the molecule is Cc1cc(C#N)cc(C)c1OCc1ccc(Cl)c(F)c1. The lowest BCUT2D eigenvalue weighted by Gasteiger charge is -2.12. The summed E-state index contributed by atoms with van der Waals surface area (Å²) in [6.45, 7) is 4.01. The van der Waals surface area contributed by atoms with Gasteiger partial charge in [0, 0.05) is 0 Å². The van der Waals surface area contributed by atoms with E-state index in [-0.39, 0.29) is 11.6 Å². The van der Waals surface area contributed by atoms with E-state index >= 15 is 0 Å². The lowest BCUT2D eigenvalue weighted by atomic mass is 10.1. The molecule has 0 unspecified atom stereocenters. The van der Waals surface area contributed by atoms with Crippen LogP contribution in [0.15, 0.2) is 30.3 Å². The second-order valence-corrected chi connectivity index (χ2v) is 5.00. The molecule has 4 heteroatoms. The summed E-state index contributed by atoms with van der Waals surface area (Å²) in [5.74, 6) is 0.264. The topological polar surface area (TPSA) is 33.0 Å². The van der Waals surface area contributed by atoms with E-state index in [1.54, 1.807) is 18.2 Å². The molecule has 2 aromatic carbocycles. The first-order valence-electron chi connectivity index (χ1n) is 6.09. The van der Waals surface area contributed by atoms with Crippen molar-refractivity contribution in [3.8, 4) is 11.8 Å². The fraction of sp³-hybridized carbons (Fsp3) is 0.188. The fourth-order valence-electron chi connectivity index (χ4n) is 2.03. The highest BCUT2D eigenvalue weighted by atomic mass is 35.5. The number of nitrogens with zero attached hydrogens (tertiary/aromatic N) is 1. The van der Waals surface area contributed by atoms with E-state index in [0.29, 0.717) is 11.1 Å². The van der Waals surface area contributed by atoms with Gasteiger partial charge >= 0.3 is 0 Å². The quantitative estimate of drug-likeness (QED) is 0.830. The second-order valence-electron chi connectivity index (χ2n) is 4.59. The Hall–Kier alpha value is -2.05. The van der Waals surface area contributed by atoms with Crippen molar-refractivity contribution in [2.75, 3.05) is 0 Å². The van der Waals surface area contributed by atoms with Crippen molar-refractivity contribution in [2.24, 2.45) is 0 Å². The molecule has 0 aromatic heterocycles.